The molecule has 1 N–H and O–H groups in total. The van der Waals surface area contributed by atoms with E-state index < -0.39 is 65.6 Å². The van der Waals surface area contributed by atoms with Crippen LogP contribution in [-0.2, 0) is 26.6 Å². The van der Waals surface area contributed by atoms with E-state index in [2.05, 4.69) is 0 Å². The summed E-state index contributed by atoms with van der Waals surface area (Å²) in [5.74, 6) is -3.22. The molecule has 0 bridgehead atoms. The van der Waals surface area contributed by atoms with Gasteiger partial charge in [0.05, 0.1) is 17.2 Å². The summed E-state index contributed by atoms with van der Waals surface area (Å²) in [6.07, 6.45) is -13.8. The van der Waals surface area contributed by atoms with E-state index in [-0.39, 0.29) is 11.6 Å². The lowest BCUT2D eigenvalue weighted by Crippen LogP contribution is -2.31. The molecule has 0 saturated carbocycles. The number of hydrogen-bond donors (Lipinski definition) is 1. The van der Waals surface area contributed by atoms with E-state index in [0.29, 0.717) is 12.1 Å². The Balaban J connectivity index is 2.39. The molecule has 5 nitrogen and oxygen atoms in total. The number of benzene rings is 2. The van der Waals surface area contributed by atoms with Crippen molar-refractivity contribution in [1.82, 2.24) is 0 Å². The predicted octanol–water partition coefficient (Wildman–Crippen LogP) is 5.25. The Morgan fingerprint density at radius 2 is 1.44 bits per heavy atom. The number of alkyl halides is 6. The highest BCUT2D eigenvalue weighted by molar-refractivity contribution is 5.98. The molecule has 0 amide bonds. The van der Waals surface area contributed by atoms with E-state index in [1.807, 2.05) is 0 Å². The van der Waals surface area contributed by atoms with Gasteiger partial charge >= 0.3 is 18.3 Å². The Labute approximate surface area is 176 Å². The molecule has 2 atom stereocenters. The van der Waals surface area contributed by atoms with Crippen LogP contribution in [0.2, 0.25) is 0 Å². The van der Waals surface area contributed by atoms with E-state index in [0.717, 1.165) is 31.2 Å². The van der Waals surface area contributed by atoms with Crippen LogP contribution < -0.4 is 0 Å². The minimum Gasteiger partial charge on any atom is -0.480 e. The fraction of sp³-hybridized carbons (Fsp3) is 0.300. The first kappa shape index (κ1) is 25.3. The quantitative estimate of drug-likeness (QED) is 0.326. The number of rotatable bonds is 8. The molecule has 12 heteroatoms. The van der Waals surface area contributed by atoms with E-state index in [9.17, 15) is 40.3 Å². The molecule has 0 unspecified atom stereocenters. The van der Waals surface area contributed by atoms with Crippen LogP contribution >= 0.6 is 0 Å². The van der Waals surface area contributed by atoms with Gasteiger partial charge in [0, 0.05) is 5.56 Å². The molecule has 2 aromatic rings. The van der Waals surface area contributed by atoms with Gasteiger partial charge in [-0.2, -0.15) is 26.3 Å². The lowest BCUT2D eigenvalue weighted by atomic mass is 10.0. The van der Waals surface area contributed by atoms with Gasteiger partial charge in [0.15, 0.2) is 0 Å². The normalized spacial score (nSPS) is 14.1. The second-order valence-corrected chi connectivity index (χ2v) is 6.53. The van der Waals surface area contributed by atoms with Gasteiger partial charge in [-0.3, -0.25) is 4.79 Å². The number of Topliss-reactive ketones (excluding diaryl/α,β-unsaturated/α-hetero) is 1. The Kier molecular flexibility index (Phi) is 7.62. The average Bonchev–Trinajstić information content (AvgIpc) is 2.69. The van der Waals surface area contributed by atoms with Gasteiger partial charge in [-0.1, -0.05) is 0 Å². The van der Waals surface area contributed by atoms with Crippen LogP contribution in [-0.4, -0.2) is 29.8 Å². The van der Waals surface area contributed by atoms with Gasteiger partial charge in [-0.15, -0.1) is 0 Å². The van der Waals surface area contributed by atoms with Gasteiger partial charge in [0.1, 0.15) is 12.4 Å². The van der Waals surface area contributed by atoms with Crippen molar-refractivity contribution in [2.75, 3.05) is 6.61 Å². The van der Waals surface area contributed by atoms with E-state index in [1.165, 1.54) is 0 Å². The predicted molar refractivity (Wildman–Crippen MR) is 94.1 cm³/mol. The van der Waals surface area contributed by atoms with Crippen molar-refractivity contribution in [2.24, 2.45) is 0 Å². The summed E-state index contributed by atoms with van der Waals surface area (Å²) in [5.41, 5.74) is -3.95. The number of carbonyl (C=O) groups is 2. The molecule has 0 saturated heterocycles. The summed E-state index contributed by atoms with van der Waals surface area (Å²) in [4.78, 5) is 23.3. The standard InChI is InChI=1S/C20H15F7O5/c1-10(12-6-13(19(22,23)24)8-14(7-12)20(25,26)27)32-18(31-9-16(28)29)17(30)11-2-4-15(21)5-3-11/h2-8,10,18H,9H2,1H3,(H,28,29)/t10-,18+/m1/s1. The third kappa shape index (κ3) is 6.76. The summed E-state index contributed by atoms with van der Waals surface area (Å²) in [6.45, 7) is 0.00538. The topological polar surface area (TPSA) is 72.8 Å². The Morgan fingerprint density at radius 1 is 0.938 bits per heavy atom. The Hall–Kier alpha value is -2.99. The van der Waals surface area contributed by atoms with Gasteiger partial charge in [-0.25, -0.2) is 9.18 Å². The van der Waals surface area contributed by atoms with Gasteiger partial charge in [-0.05, 0) is 55.0 Å². The molecule has 2 aromatic carbocycles. The molecule has 174 valence electrons. The molecule has 0 aromatic heterocycles. The maximum Gasteiger partial charge on any atom is 0.416 e. The molecule has 0 heterocycles. The largest absolute Gasteiger partial charge is 0.480 e. The zero-order valence-corrected chi connectivity index (χ0v) is 16.1. The minimum atomic E-state index is -5.10. The highest BCUT2D eigenvalue weighted by atomic mass is 19.4. The summed E-state index contributed by atoms with van der Waals surface area (Å²) in [6, 6.07) is 4.62. The number of aliphatic carboxylic acids is 1. The molecule has 0 aliphatic heterocycles. The Morgan fingerprint density at radius 3 is 1.88 bits per heavy atom. The molecular weight excluding hydrogens is 453 g/mol. The average molecular weight is 468 g/mol. The van der Waals surface area contributed by atoms with E-state index in [1.54, 1.807) is 0 Å². The number of halogens is 7. The lowest BCUT2D eigenvalue weighted by Gasteiger charge is -2.23. The summed E-state index contributed by atoms with van der Waals surface area (Å²) in [5, 5.41) is 8.76. The minimum absolute atomic E-state index is 0.0711. The molecular formula is C20H15F7O5. The first-order valence-electron chi connectivity index (χ1n) is 8.76. The maximum atomic E-state index is 13.1. The number of ether oxygens (including phenoxy) is 2. The molecule has 0 aliphatic rings. The second-order valence-electron chi connectivity index (χ2n) is 6.53. The van der Waals surface area contributed by atoms with Crippen LogP contribution in [0.4, 0.5) is 30.7 Å². The van der Waals surface area contributed by atoms with Gasteiger partial charge < -0.3 is 14.6 Å². The molecule has 32 heavy (non-hydrogen) atoms. The van der Waals surface area contributed by atoms with Crippen LogP contribution in [0.15, 0.2) is 42.5 Å². The molecule has 0 fully saturated rings. The van der Waals surface area contributed by atoms with E-state index >= 15 is 0 Å². The highest BCUT2D eigenvalue weighted by Gasteiger charge is 2.38. The van der Waals surface area contributed by atoms with Crippen LogP contribution in [0.25, 0.3) is 0 Å². The second kappa shape index (κ2) is 9.65. The fourth-order valence-electron chi connectivity index (χ4n) is 2.55. The van der Waals surface area contributed by atoms with E-state index in [4.69, 9.17) is 14.6 Å². The molecule has 0 aliphatic carbocycles. The smallest absolute Gasteiger partial charge is 0.416 e. The number of hydrogen-bond acceptors (Lipinski definition) is 4. The van der Waals surface area contributed by atoms with Crippen molar-refractivity contribution >= 4 is 11.8 Å². The van der Waals surface area contributed by atoms with Crippen molar-refractivity contribution in [3.05, 3.63) is 70.5 Å². The highest BCUT2D eigenvalue weighted by Crippen LogP contribution is 2.38. The number of carboxylic acid groups (broad SMARTS) is 1. The zero-order chi connectivity index (χ0) is 24.3. The molecule has 0 radical (unpaired) electrons. The SMILES string of the molecule is C[C@@H](O[C@H](OCC(=O)O)C(=O)c1ccc(F)cc1)c1cc(C(F)(F)F)cc(C(F)(F)F)c1. The number of ketones is 1. The van der Waals surface area contributed by atoms with Crippen molar-refractivity contribution in [3.8, 4) is 0 Å². The van der Waals surface area contributed by atoms with Gasteiger partial charge in [0.25, 0.3) is 0 Å². The Bertz CT molecular complexity index is 936. The van der Waals surface area contributed by atoms with Crippen molar-refractivity contribution in [3.63, 3.8) is 0 Å². The van der Waals surface area contributed by atoms with Crippen molar-refractivity contribution in [1.29, 1.82) is 0 Å². The van der Waals surface area contributed by atoms with Crippen molar-refractivity contribution < 1.29 is 54.9 Å². The van der Waals surface area contributed by atoms with Crippen LogP contribution in [0.3, 0.4) is 0 Å². The number of carbonyl (C=O) groups excluding carboxylic acids is 1. The summed E-state index contributed by atoms with van der Waals surface area (Å²) < 4.78 is 102. The molecule has 2 rings (SSSR count). The van der Waals surface area contributed by atoms with Crippen LogP contribution in [0.5, 0.6) is 0 Å². The third-order valence-electron chi connectivity index (χ3n) is 4.11. The monoisotopic (exact) mass is 468 g/mol. The first-order chi connectivity index (χ1) is 14.7. The molecule has 0 spiro atoms. The van der Waals surface area contributed by atoms with Crippen LogP contribution in [0, 0.1) is 5.82 Å². The van der Waals surface area contributed by atoms with Crippen LogP contribution in [0.1, 0.15) is 40.1 Å². The summed E-state index contributed by atoms with van der Waals surface area (Å²) in [7, 11) is 0. The van der Waals surface area contributed by atoms with Gasteiger partial charge in [0.2, 0.25) is 12.1 Å². The van der Waals surface area contributed by atoms with Crippen molar-refractivity contribution in [2.45, 2.75) is 31.7 Å². The lowest BCUT2D eigenvalue weighted by molar-refractivity contribution is -0.166. The third-order valence-corrected chi connectivity index (χ3v) is 4.11. The fourth-order valence-corrected chi connectivity index (χ4v) is 2.55. The maximum absolute atomic E-state index is 13.1. The zero-order valence-electron chi connectivity index (χ0n) is 16.1. The number of carboxylic acids is 1. The first-order valence-corrected chi connectivity index (χ1v) is 8.76. The summed E-state index contributed by atoms with van der Waals surface area (Å²) >= 11 is 0.